The zero-order valence-corrected chi connectivity index (χ0v) is 9.73. The van der Waals surface area contributed by atoms with Crippen LogP contribution in [0, 0.1) is 11.8 Å². The third-order valence-corrected chi connectivity index (χ3v) is 2.67. The van der Waals surface area contributed by atoms with Crippen LogP contribution in [0.4, 0.5) is 13.2 Å². The average Bonchev–Trinajstić information content (AvgIpc) is 2.09. The summed E-state index contributed by atoms with van der Waals surface area (Å²) in [4.78, 5) is 0. The van der Waals surface area contributed by atoms with E-state index in [1.807, 2.05) is 6.92 Å². The molecule has 0 aromatic carbocycles. The maximum absolute atomic E-state index is 12.2. The molecule has 0 N–H and O–H groups in total. The summed E-state index contributed by atoms with van der Waals surface area (Å²) in [7, 11) is 1.54. The van der Waals surface area contributed by atoms with Crippen molar-refractivity contribution >= 4 is 0 Å². The van der Waals surface area contributed by atoms with E-state index >= 15 is 0 Å². The van der Waals surface area contributed by atoms with Crippen molar-refractivity contribution < 1.29 is 17.9 Å². The Labute approximate surface area is 90.0 Å². The van der Waals surface area contributed by atoms with Crippen molar-refractivity contribution in [3.05, 3.63) is 0 Å². The summed E-state index contributed by atoms with van der Waals surface area (Å²) in [5, 5.41) is 0. The van der Waals surface area contributed by atoms with Gasteiger partial charge in [0, 0.05) is 20.1 Å². The molecule has 4 heteroatoms. The first-order valence-corrected chi connectivity index (χ1v) is 5.46. The van der Waals surface area contributed by atoms with Crippen molar-refractivity contribution in [1.82, 2.24) is 0 Å². The second-order valence-corrected chi connectivity index (χ2v) is 4.15. The van der Waals surface area contributed by atoms with Crippen molar-refractivity contribution in [2.75, 3.05) is 13.7 Å². The number of ether oxygens (including phenoxy) is 1. The van der Waals surface area contributed by atoms with Crippen LogP contribution in [0.2, 0.25) is 0 Å². The Morgan fingerprint density at radius 3 is 2.27 bits per heavy atom. The fourth-order valence-electron chi connectivity index (χ4n) is 1.74. The normalized spacial score (nSPS) is 16.4. The van der Waals surface area contributed by atoms with Crippen LogP contribution in [-0.2, 0) is 4.74 Å². The largest absolute Gasteiger partial charge is 0.389 e. The topological polar surface area (TPSA) is 9.23 Å². The number of alkyl halides is 3. The summed E-state index contributed by atoms with van der Waals surface area (Å²) in [6.07, 6.45) is -1.96. The molecule has 0 aromatic rings. The van der Waals surface area contributed by atoms with Gasteiger partial charge >= 0.3 is 6.18 Å². The van der Waals surface area contributed by atoms with Gasteiger partial charge in [0.05, 0.1) is 0 Å². The standard InChI is InChI=1S/C11H21F3O/c1-4-5-6-10(8-15-3)9(2)7-11(12,13)14/h9-10H,4-8H2,1-3H3/t9?,10-/m0/s1. The highest BCUT2D eigenvalue weighted by Crippen LogP contribution is 2.31. The van der Waals surface area contributed by atoms with Gasteiger partial charge in [-0.05, 0) is 18.3 Å². The number of rotatable bonds is 7. The maximum Gasteiger partial charge on any atom is 0.389 e. The van der Waals surface area contributed by atoms with Crippen LogP contribution >= 0.6 is 0 Å². The molecule has 15 heavy (non-hydrogen) atoms. The molecule has 0 bridgehead atoms. The van der Waals surface area contributed by atoms with Crippen LogP contribution in [0.25, 0.3) is 0 Å². The molecular formula is C11H21F3O. The molecule has 0 rings (SSSR count). The Morgan fingerprint density at radius 2 is 1.87 bits per heavy atom. The minimum Gasteiger partial charge on any atom is -0.384 e. The molecule has 0 spiro atoms. The van der Waals surface area contributed by atoms with Crippen LogP contribution < -0.4 is 0 Å². The number of unbranched alkanes of at least 4 members (excludes halogenated alkanes) is 1. The summed E-state index contributed by atoms with van der Waals surface area (Å²) in [6, 6.07) is 0. The van der Waals surface area contributed by atoms with Gasteiger partial charge < -0.3 is 4.74 Å². The monoisotopic (exact) mass is 226 g/mol. The van der Waals surface area contributed by atoms with Gasteiger partial charge in [-0.25, -0.2) is 0 Å². The second kappa shape index (κ2) is 7.09. The second-order valence-electron chi connectivity index (χ2n) is 4.15. The zero-order chi connectivity index (χ0) is 11.9. The van der Waals surface area contributed by atoms with Gasteiger partial charge in [0.25, 0.3) is 0 Å². The van der Waals surface area contributed by atoms with E-state index in [1.54, 1.807) is 14.0 Å². The van der Waals surface area contributed by atoms with Crippen molar-refractivity contribution in [1.29, 1.82) is 0 Å². The molecule has 2 atom stereocenters. The molecule has 0 aliphatic rings. The molecule has 0 amide bonds. The third-order valence-electron chi connectivity index (χ3n) is 2.67. The molecule has 92 valence electrons. The number of hydrogen-bond donors (Lipinski definition) is 0. The summed E-state index contributed by atoms with van der Waals surface area (Å²) < 4.78 is 41.5. The van der Waals surface area contributed by atoms with E-state index in [0.717, 1.165) is 19.3 Å². The van der Waals surface area contributed by atoms with Crippen LogP contribution in [0.3, 0.4) is 0 Å². The van der Waals surface area contributed by atoms with Gasteiger partial charge in [0.2, 0.25) is 0 Å². The maximum atomic E-state index is 12.2. The van der Waals surface area contributed by atoms with Gasteiger partial charge in [-0.15, -0.1) is 0 Å². The lowest BCUT2D eigenvalue weighted by molar-refractivity contribution is -0.148. The van der Waals surface area contributed by atoms with Crippen LogP contribution in [0.15, 0.2) is 0 Å². The predicted molar refractivity (Wildman–Crippen MR) is 54.7 cm³/mol. The molecule has 0 aliphatic carbocycles. The van der Waals surface area contributed by atoms with Crippen LogP contribution in [-0.4, -0.2) is 19.9 Å². The molecule has 0 heterocycles. The van der Waals surface area contributed by atoms with Gasteiger partial charge in [0.1, 0.15) is 0 Å². The molecule has 1 unspecified atom stereocenters. The first-order valence-electron chi connectivity index (χ1n) is 5.46. The molecule has 0 aromatic heterocycles. The van der Waals surface area contributed by atoms with Crippen molar-refractivity contribution in [2.45, 2.75) is 45.7 Å². The molecule has 0 saturated heterocycles. The lowest BCUT2D eigenvalue weighted by Crippen LogP contribution is -2.23. The number of methoxy groups -OCH3 is 1. The highest BCUT2D eigenvalue weighted by molar-refractivity contribution is 4.69. The molecular weight excluding hydrogens is 205 g/mol. The zero-order valence-electron chi connectivity index (χ0n) is 9.73. The SMILES string of the molecule is CCCC[C@@H](COC)C(C)CC(F)(F)F. The van der Waals surface area contributed by atoms with E-state index in [1.165, 1.54) is 0 Å². The Kier molecular flexibility index (Phi) is 6.98. The Bertz CT molecular complexity index is 156. The molecule has 0 saturated carbocycles. The van der Waals surface area contributed by atoms with E-state index in [0.29, 0.717) is 6.61 Å². The highest BCUT2D eigenvalue weighted by atomic mass is 19.4. The fraction of sp³-hybridized carbons (Fsp3) is 1.00. The summed E-state index contributed by atoms with van der Waals surface area (Å²) >= 11 is 0. The minimum atomic E-state index is -4.06. The van der Waals surface area contributed by atoms with E-state index < -0.39 is 12.6 Å². The lowest BCUT2D eigenvalue weighted by Gasteiger charge is -2.24. The van der Waals surface area contributed by atoms with E-state index in [4.69, 9.17) is 4.74 Å². The average molecular weight is 226 g/mol. The fourth-order valence-corrected chi connectivity index (χ4v) is 1.74. The van der Waals surface area contributed by atoms with Crippen molar-refractivity contribution in [2.24, 2.45) is 11.8 Å². The van der Waals surface area contributed by atoms with Crippen LogP contribution in [0.5, 0.6) is 0 Å². The van der Waals surface area contributed by atoms with Crippen molar-refractivity contribution in [3.8, 4) is 0 Å². The van der Waals surface area contributed by atoms with Gasteiger partial charge in [0.15, 0.2) is 0 Å². The van der Waals surface area contributed by atoms with Crippen LogP contribution in [0.1, 0.15) is 39.5 Å². The minimum absolute atomic E-state index is 0.0246. The van der Waals surface area contributed by atoms with Gasteiger partial charge in [-0.2, -0.15) is 13.2 Å². The van der Waals surface area contributed by atoms with E-state index in [9.17, 15) is 13.2 Å². The first kappa shape index (κ1) is 14.8. The Morgan fingerprint density at radius 1 is 1.27 bits per heavy atom. The molecule has 0 radical (unpaired) electrons. The van der Waals surface area contributed by atoms with Gasteiger partial charge in [-0.1, -0.05) is 26.7 Å². The Balaban J connectivity index is 4.09. The third kappa shape index (κ3) is 7.65. The number of halogens is 3. The summed E-state index contributed by atoms with van der Waals surface area (Å²) in [5.74, 6) is -0.326. The first-order chi connectivity index (χ1) is 6.90. The highest BCUT2D eigenvalue weighted by Gasteiger charge is 2.32. The lowest BCUT2D eigenvalue weighted by atomic mass is 9.87. The molecule has 0 fully saturated rings. The van der Waals surface area contributed by atoms with E-state index in [2.05, 4.69) is 0 Å². The Hall–Kier alpha value is -0.250. The summed E-state index contributed by atoms with van der Waals surface area (Å²) in [5.41, 5.74) is 0. The van der Waals surface area contributed by atoms with E-state index in [-0.39, 0.29) is 11.8 Å². The van der Waals surface area contributed by atoms with Crippen molar-refractivity contribution in [3.63, 3.8) is 0 Å². The quantitative estimate of drug-likeness (QED) is 0.637. The summed E-state index contributed by atoms with van der Waals surface area (Å²) in [6.45, 7) is 4.13. The number of hydrogen-bond acceptors (Lipinski definition) is 1. The van der Waals surface area contributed by atoms with Gasteiger partial charge in [-0.3, -0.25) is 0 Å². The molecule has 0 aliphatic heterocycles. The smallest absolute Gasteiger partial charge is 0.384 e. The molecule has 1 nitrogen and oxygen atoms in total. The predicted octanol–water partition coefficient (Wildman–Crippen LogP) is 4.03.